The number of ether oxygens (including phenoxy) is 2. The van der Waals surface area contributed by atoms with Gasteiger partial charge in [0.05, 0.1) is 18.1 Å². The van der Waals surface area contributed by atoms with Crippen molar-refractivity contribution in [3.63, 3.8) is 0 Å². The van der Waals surface area contributed by atoms with Gasteiger partial charge in [-0.2, -0.15) is 0 Å². The Hall–Kier alpha value is -4.40. The summed E-state index contributed by atoms with van der Waals surface area (Å²) in [6.07, 6.45) is 0.112. The maximum absolute atomic E-state index is 13.5. The number of carbonyl (C=O) groups is 2. The lowest BCUT2D eigenvalue weighted by Crippen LogP contribution is -2.48. The van der Waals surface area contributed by atoms with Gasteiger partial charge in [0, 0.05) is 19.0 Å². The van der Waals surface area contributed by atoms with E-state index in [2.05, 4.69) is 0 Å². The Balaban J connectivity index is 1.70. The normalized spacial score (nSPS) is 14.7. The lowest BCUT2D eigenvalue weighted by Gasteiger charge is -2.34. The summed E-state index contributed by atoms with van der Waals surface area (Å²) in [6.45, 7) is 0.170. The number of carbonyl (C=O) groups excluding carboxylic acids is 1. The van der Waals surface area contributed by atoms with Gasteiger partial charge in [-0.25, -0.2) is 4.79 Å². The van der Waals surface area contributed by atoms with Crippen LogP contribution in [0.4, 0.5) is 5.69 Å². The van der Waals surface area contributed by atoms with Crippen molar-refractivity contribution in [1.82, 2.24) is 4.90 Å². The summed E-state index contributed by atoms with van der Waals surface area (Å²) in [5.41, 5.74) is 1.72. The molecule has 0 aliphatic carbocycles. The van der Waals surface area contributed by atoms with Crippen LogP contribution in [-0.2, 0) is 24.4 Å². The lowest BCUT2D eigenvalue weighted by atomic mass is 9.93. The van der Waals surface area contributed by atoms with Gasteiger partial charge in [-0.1, -0.05) is 54.6 Å². The first-order chi connectivity index (χ1) is 16.4. The van der Waals surface area contributed by atoms with Gasteiger partial charge in [-0.15, -0.1) is 0 Å². The average molecular weight is 462 g/mol. The number of fused-ring (bicyclic) bond motifs is 1. The fourth-order valence-electron chi connectivity index (χ4n) is 3.99. The van der Waals surface area contributed by atoms with E-state index < -0.39 is 28.5 Å². The molecule has 1 aliphatic heterocycles. The zero-order valence-corrected chi connectivity index (χ0v) is 18.3. The molecule has 174 valence electrons. The first-order valence-electron chi connectivity index (χ1n) is 10.5. The molecule has 0 unspecified atom stereocenters. The number of hydrogen-bond acceptors (Lipinski definition) is 6. The van der Waals surface area contributed by atoms with Crippen molar-refractivity contribution in [2.24, 2.45) is 0 Å². The fourth-order valence-corrected chi connectivity index (χ4v) is 3.99. The van der Waals surface area contributed by atoms with Gasteiger partial charge in [0.2, 0.25) is 0 Å². The van der Waals surface area contributed by atoms with Crippen molar-refractivity contribution in [1.29, 1.82) is 0 Å². The van der Waals surface area contributed by atoms with E-state index in [1.165, 1.54) is 13.2 Å². The molecule has 4 rings (SSSR count). The Morgan fingerprint density at radius 3 is 2.38 bits per heavy atom. The van der Waals surface area contributed by atoms with Gasteiger partial charge in [0.25, 0.3) is 11.6 Å². The van der Waals surface area contributed by atoms with E-state index in [0.717, 1.165) is 27.7 Å². The molecule has 3 aromatic rings. The maximum atomic E-state index is 13.5. The zero-order chi connectivity index (χ0) is 24.2. The van der Waals surface area contributed by atoms with Crippen molar-refractivity contribution < 1.29 is 29.1 Å². The third-order valence-corrected chi connectivity index (χ3v) is 5.74. The highest BCUT2D eigenvalue weighted by Gasteiger charge is 2.38. The second kappa shape index (κ2) is 9.62. The number of benzene rings is 3. The molecule has 0 aromatic heterocycles. The number of amides is 1. The third-order valence-electron chi connectivity index (χ3n) is 5.74. The molecule has 0 saturated carbocycles. The number of carboxylic acids is 1. The molecule has 1 N–H and O–H groups in total. The Bertz CT molecular complexity index is 1240. The molecule has 1 aliphatic rings. The standard InChI is InChI=1S/C25H22N2O7/c1-33-22-12-19(20(27(31)32)13-23(22)34-15-16-7-3-2-4-8-16)24(28)26-14-18-10-6-5-9-17(18)11-21(26)25(29)30/h2-10,12-13,21H,11,14-15H2,1H3,(H,29,30)/t21-/m0/s1. The summed E-state index contributed by atoms with van der Waals surface area (Å²) in [7, 11) is 1.36. The van der Waals surface area contributed by atoms with E-state index in [1.54, 1.807) is 12.1 Å². The number of nitrogens with zero attached hydrogens (tertiary/aromatic N) is 2. The number of rotatable bonds is 7. The number of aliphatic carboxylic acids is 1. The van der Waals surface area contributed by atoms with Gasteiger partial charge in [-0.05, 0) is 16.7 Å². The summed E-state index contributed by atoms with van der Waals surface area (Å²) in [4.78, 5) is 37.8. The van der Waals surface area contributed by atoms with Crippen LogP contribution in [0.3, 0.4) is 0 Å². The van der Waals surface area contributed by atoms with Crippen molar-refractivity contribution in [2.45, 2.75) is 25.6 Å². The molecule has 3 aromatic carbocycles. The number of nitro groups is 1. The summed E-state index contributed by atoms with van der Waals surface area (Å²) in [5, 5.41) is 21.6. The molecular formula is C25H22N2O7. The van der Waals surface area contributed by atoms with Crippen molar-refractivity contribution in [3.05, 3.63) is 99.1 Å². The summed E-state index contributed by atoms with van der Waals surface area (Å²) in [6, 6.07) is 17.7. The van der Waals surface area contributed by atoms with Crippen LogP contribution in [0.5, 0.6) is 11.5 Å². The quantitative estimate of drug-likeness (QED) is 0.419. The second-order valence-electron chi connectivity index (χ2n) is 7.81. The molecule has 34 heavy (non-hydrogen) atoms. The number of methoxy groups -OCH3 is 1. The lowest BCUT2D eigenvalue weighted by molar-refractivity contribution is -0.385. The van der Waals surface area contributed by atoms with E-state index in [9.17, 15) is 24.8 Å². The Kier molecular flexibility index (Phi) is 6.44. The highest BCUT2D eigenvalue weighted by Crippen LogP contribution is 2.37. The number of carboxylic acid groups (broad SMARTS) is 1. The van der Waals surface area contributed by atoms with Gasteiger partial charge >= 0.3 is 5.97 Å². The topological polar surface area (TPSA) is 119 Å². The van der Waals surface area contributed by atoms with E-state index in [1.807, 2.05) is 42.5 Å². The van der Waals surface area contributed by atoms with Crippen LogP contribution in [0.1, 0.15) is 27.0 Å². The van der Waals surface area contributed by atoms with Gasteiger partial charge < -0.3 is 19.5 Å². The first-order valence-corrected chi connectivity index (χ1v) is 10.5. The van der Waals surface area contributed by atoms with Crippen LogP contribution < -0.4 is 9.47 Å². The molecule has 9 nitrogen and oxygen atoms in total. The summed E-state index contributed by atoms with van der Waals surface area (Å²) < 4.78 is 11.1. The smallest absolute Gasteiger partial charge is 0.326 e. The Morgan fingerprint density at radius 2 is 1.74 bits per heavy atom. The van der Waals surface area contributed by atoms with Crippen molar-refractivity contribution >= 4 is 17.6 Å². The van der Waals surface area contributed by atoms with E-state index in [0.29, 0.717) is 0 Å². The third kappa shape index (κ3) is 4.54. The van der Waals surface area contributed by atoms with Gasteiger partial charge in [0.1, 0.15) is 18.2 Å². The summed E-state index contributed by atoms with van der Waals surface area (Å²) in [5.74, 6) is -1.70. The fraction of sp³-hybridized carbons (Fsp3) is 0.200. The van der Waals surface area contributed by atoms with E-state index in [-0.39, 0.29) is 36.6 Å². The van der Waals surface area contributed by atoms with Gasteiger partial charge in [-0.3, -0.25) is 14.9 Å². The van der Waals surface area contributed by atoms with Crippen LogP contribution in [0.15, 0.2) is 66.7 Å². The minimum absolute atomic E-state index is 0.0255. The molecule has 0 saturated heterocycles. The minimum Gasteiger partial charge on any atom is -0.493 e. The van der Waals surface area contributed by atoms with Gasteiger partial charge in [0.15, 0.2) is 11.5 Å². The van der Waals surface area contributed by atoms with E-state index in [4.69, 9.17) is 9.47 Å². The monoisotopic (exact) mass is 462 g/mol. The predicted octanol–water partition coefficient (Wildman–Crippen LogP) is 3.83. The summed E-state index contributed by atoms with van der Waals surface area (Å²) >= 11 is 0. The molecule has 1 amide bonds. The van der Waals surface area contributed by atoms with Crippen LogP contribution in [0.25, 0.3) is 0 Å². The van der Waals surface area contributed by atoms with Crippen molar-refractivity contribution in [3.8, 4) is 11.5 Å². The molecule has 1 heterocycles. The first kappa shape index (κ1) is 22.8. The van der Waals surface area contributed by atoms with E-state index >= 15 is 0 Å². The highest BCUT2D eigenvalue weighted by atomic mass is 16.6. The Morgan fingerprint density at radius 1 is 1.06 bits per heavy atom. The van der Waals surface area contributed by atoms with Crippen LogP contribution in [0, 0.1) is 10.1 Å². The molecule has 0 bridgehead atoms. The molecule has 1 atom stereocenters. The molecule has 0 spiro atoms. The van der Waals surface area contributed by atoms with Crippen LogP contribution in [0.2, 0.25) is 0 Å². The maximum Gasteiger partial charge on any atom is 0.326 e. The number of nitro benzene ring substituents is 1. The SMILES string of the molecule is COc1cc(C(=O)N2Cc3ccccc3C[C@H]2C(=O)O)c([N+](=O)[O-])cc1OCc1ccccc1. The largest absolute Gasteiger partial charge is 0.493 e. The molecule has 0 radical (unpaired) electrons. The zero-order valence-electron chi connectivity index (χ0n) is 18.3. The Labute approximate surface area is 195 Å². The second-order valence-corrected chi connectivity index (χ2v) is 7.81. The molecular weight excluding hydrogens is 440 g/mol. The predicted molar refractivity (Wildman–Crippen MR) is 122 cm³/mol. The van der Waals surface area contributed by atoms with Crippen LogP contribution >= 0.6 is 0 Å². The van der Waals surface area contributed by atoms with Crippen molar-refractivity contribution in [2.75, 3.05) is 7.11 Å². The van der Waals surface area contributed by atoms with Crippen LogP contribution in [-0.4, -0.2) is 40.0 Å². The minimum atomic E-state index is -1.18. The molecule has 0 fully saturated rings. The molecule has 9 heteroatoms. The number of hydrogen-bond donors (Lipinski definition) is 1. The average Bonchev–Trinajstić information content (AvgIpc) is 2.86. The highest BCUT2D eigenvalue weighted by molar-refractivity contribution is 6.01.